The number of H-pyrrole nitrogens is 1. The second kappa shape index (κ2) is 8.99. The van der Waals surface area contributed by atoms with Gasteiger partial charge in [-0.05, 0) is 43.9 Å². The number of nitrogens with zero attached hydrogens (tertiary/aromatic N) is 4. The van der Waals surface area contributed by atoms with Crippen molar-refractivity contribution in [3.8, 4) is 17.1 Å². The molecule has 1 amide bonds. The molecule has 2 unspecified atom stereocenters. The number of nitrogens with one attached hydrogen (secondary N) is 2. The Balaban J connectivity index is 1.36. The van der Waals surface area contributed by atoms with E-state index in [2.05, 4.69) is 25.4 Å². The number of fused-ring (bicyclic) bond motifs is 2. The van der Waals surface area contributed by atoms with Gasteiger partial charge in [-0.15, -0.1) is 0 Å². The zero-order valence-electron chi connectivity index (χ0n) is 18.8. The fourth-order valence-electron chi connectivity index (χ4n) is 4.35. The van der Waals surface area contributed by atoms with Crippen molar-refractivity contribution in [3.05, 3.63) is 36.4 Å². The van der Waals surface area contributed by atoms with Crippen LogP contribution in [0.1, 0.15) is 19.8 Å². The number of rotatable bonds is 5. The van der Waals surface area contributed by atoms with E-state index in [0.717, 1.165) is 18.2 Å². The van der Waals surface area contributed by atoms with Crippen molar-refractivity contribution >= 4 is 28.2 Å². The largest absolute Gasteiger partial charge is 0.413 e. The predicted molar refractivity (Wildman–Crippen MR) is 122 cm³/mol. The summed E-state index contributed by atoms with van der Waals surface area (Å²) in [4.78, 5) is 24.4. The van der Waals surface area contributed by atoms with E-state index in [1.165, 1.54) is 18.3 Å². The Kier molecular flexibility index (Phi) is 5.88. The minimum Gasteiger partial charge on any atom is -0.406 e. The van der Waals surface area contributed by atoms with Crippen molar-refractivity contribution in [2.24, 2.45) is 13.0 Å². The second-order valence-corrected chi connectivity index (χ2v) is 8.50. The summed E-state index contributed by atoms with van der Waals surface area (Å²) in [5, 5.41) is 18.5. The molecule has 3 aromatic heterocycles. The summed E-state index contributed by atoms with van der Waals surface area (Å²) < 4.78 is 26.1. The highest BCUT2D eigenvalue weighted by Crippen LogP contribution is 2.30. The summed E-state index contributed by atoms with van der Waals surface area (Å²) in [5.74, 6) is -0.0970. The molecule has 34 heavy (non-hydrogen) atoms. The number of hydrogen-bond acceptors (Lipinski definition) is 7. The van der Waals surface area contributed by atoms with E-state index in [-0.39, 0.29) is 17.5 Å². The first-order valence-electron chi connectivity index (χ1n) is 11.1. The summed E-state index contributed by atoms with van der Waals surface area (Å²) in [6, 6.07) is 3.92. The number of aromatic amines is 1. The number of aliphatic hydroxyl groups excluding tert-OH is 1. The Bertz CT molecular complexity index is 1350. The Labute approximate surface area is 194 Å². The van der Waals surface area contributed by atoms with E-state index in [1.807, 2.05) is 0 Å². The summed E-state index contributed by atoms with van der Waals surface area (Å²) >= 11 is 0. The van der Waals surface area contributed by atoms with Gasteiger partial charge in [0.25, 0.3) is 0 Å². The van der Waals surface area contributed by atoms with Gasteiger partial charge in [0, 0.05) is 31.8 Å². The van der Waals surface area contributed by atoms with Crippen molar-refractivity contribution in [1.82, 2.24) is 30.0 Å². The van der Waals surface area contributed by atoms with Crippen molar-refractivity contribution in [3.63, 3.8) is 0 Å². The fourth-order valence-corrected chi connectivity index (χ4v) is 4.35. The van der Waals surface area contributed by atoms with Crippen LogP contribution in [-0.4, -0.2) is 61.3 Å². The van der Waals surface area contributed by atoms with E-state index in [4.69, 9.17) is 9.47 Å². The first-order chi connectivity index (χ1) is 16.4. The summed E-state index contributed by atoms with van der Waals surface area (Å²) in [6.45, 7) is 2.95. The van der Waals surface area contributed by atoms with Crippen LogP contribution in [0.5, 0.6) is 5.75 Å². The third kappa shape index (κ3) is 4.19. The topological polar surface area (TPSA) is 127 Å². The summed E-state index contributed by atoms with van der Waals surface area (Å²) in [5.41, 5.74) is 2.41. The molecule has 0 radical (unpaired) electrons. The number of hydrogen-bond donors (Lipinski definition) is 3. The monoisotopic (exact) mass is 468 g/mol. The zero-order chi connectivity index (χ0) is 23.8. The van der Waals surface area contributed by atoms with Crippen LogP contribution in [0.2, 0.25) is 0 Å². The van der Waals surface area contributed by atoms with Crippen LogP contribution in [0.25, 0.3) is 33.5 Å². The lowest BCUT2D eigenvalue weighted by Crippen LogP contribution is -2.46. The molecule has 1 aromatic carbocycles. The van der Waals surface area contributed by atoms with Crippen LogP contribution in [0, 0.1) is 11.7 Å². The number of amides is 1. The van der Waals surface area contributed by atoms with Crippen LogP contribution in [-0.2, 0) is 11.8 Å². The molecule has 4 aromatic rings. The standard InChI is InChI=1S/C23H25FN6O4/c1-12(21(31)13-5-7-33-8-6-13)27-23(32)34-18-11-26-22-20(18)28-16(10-25-22)19-15-4-3-14(24)9-17(15)30(2)29-19/h3-4,9-13,21,31H,5-8H2,1-2H3,(H,25,26)(H,27,32). The molecule has 5 rings (SSSR count). The van der Waals surface area contributed by atoms with E-state index < -0.39 is 18.2 Å². The molecule has 10 nitrogen and oxygen atoms in total. The number of benzene rings is 1. The van der Waals surface area contributed by atoms with E-state index in [1.54, 1.807) is 30.9 Å². The number of aliphatic hydroxyl groups is 1. The highest BCUT2D eigenvalue weighted by Gasteiger charge is 2.28. The molecule has 11 heteroatoms. The Hall–Kier alpha value is -3.57. The minimum atomic E-state index is -0.703. The van der Waals surface area contributed by atoms with E-state index >= 15 is 0 Å². The first kappa shape index (κ1) is 22.2. The van der Waals surface area contributed by atoms with Gasteiger partial charge < -0.3 is 24.9 Å². The molecule has 0 bridgehead atoms. The maximum Gasteiger partial charge on any atom is 0.413 e. The first-order valence-corrected chi connectivity index (χ1v) is 11.1. The Morgan fingerprint density at radius 3 is 2.97 bits per heavy atom. The SMILES string of the molecule is CC(NC(=O)Oc1c[nH]c2ncc(-c3nn(C)c4cc(F)ccc34)nc12)C(O)C1CCOCC1. The van der Waals surface area contributed by atoms with Gasteiger partial charge in [0.2, 0.25) is 0 Å². The van der Waals surface area contributed by atoms with Crippen molar-refractivity contribution in [1.29, 1.82) is 0 Å². The van der Waals surface area contributed by atoms with Crippen LogP contribution >= 0.6 is 0 Å². The molecule has 4 heterocycles. The molecule has 178 valence electrons. The number of aromatic nitrogens is 5. The molecular formula is C23H25FN6O4. The van der Waals surface area contributed by atoms with Gasteiger partial charge >= 0.3 is 6.09 Å². The Morgan fingerprint density at radius 2 is 2.18 bits per heavy atom. The smallest absolute Gasteiger partial charge is 0.406 e. The lowest BCUT2D eigenvalue weighted by molar-refractivity contribution is -0.00394. The lowest BCUT2D eigenvalue weighted by Gasteiger charge is -2.30. The second-order valence-electron chi connectivity index (χ2n) is 8.50. The average molecular weight is 468 g/mol. The molecule has 0 aliphatic carbocycles. The van der Waals surface area contributed by atoms with Gasteiger partial charge in [-0.1, -0.05) is 0 Å². The maximum atomic E-state index is 13.7. The zero-order valence-corrected chi connectivity index (χ0v) is 18.8. The molecule has 1 aliphatic heterocycles. The van der Waals surface area contributed by atoms with Gasteiger partial charge in [0.15, 0.2) is 16.9 Å². The average Bonchev–Trinajstić information content (AvgIpc) is 3.39. The maximum absolute atomic E-state index is 13.7. The van der Waals surface area contributed by atoms with Gasteiger partial charge in [-0.3, -0.25) is 4.68 Å². The van der Waals surface area contributed by atoms with Crippen LogP contribution < -0.4 is 10.1 Å². The molecule has 3 N–H and O–H groups in total. The Morgan fingerprint density at radius 1 is 1.38 bits per heavy atom. The highest BCUT2D eigenvalue weighted by atomic mass is 19.1. The van der Waals surface area contributed by atoms with Crippen molar-refractivity contribution in [2.45, 2.75) is 31.9 Å². The van der Waals surface area contributed by atoms with Gasteiger partial charge in [-0.2, -0.15) is 5.10 Å². The van der Waals surface area contributed by atoms with Gasteiger partial charge in [0.1, 0.15) is 17.2 Å². The van der Waals surface area contributed by atoms with Gasteiger partial charge in [-0.25, -0.2) is 19.2 Å². The highest BCUT2D eigenvalue weighted by molar-refractivity contribution is 5.93. The molecule has 1 aliphatic rings. The number of ether oxygens (including phenoxy) is 2. The molecule has 2 atom stereocenters. The van der Waals surface area contributed by atoms with E-state index in [0.29, 0.717) is 41.3 Å². The third-order valence-corrected chi connectivity index (χ3v) is 6.21. The number of carbonyl (C=O) groups excluding carboxylic acids is 1. The fraction of sp³-hybridized carbons (Fsp3) is 0.391. The van der Waals surface area contributed by atoms with Crippen LogP contribution in [0.4, 0.5) is 9.18 Å². The summed E-state index contributed by atoms with van der Waals surface area (Å²) in [7, 11) is 1.72. The van der Waals surface area contributed by atoms with Crippen molar-refractivity contribution < 1.29 is 23.8 Å². The van der Waals surface area contributed by atoms with Crippen LogP contribution in [0.15, 0.2) is 30.6 Å². The summed E-state index contributed by atoms with van der Waals surface area (Å²) in [6.07, 6.45) is 3.15. The quantitative estimate of drug-likeness (QED) is 0.411. The molecular weight excluding hydrogens is 443 g/mol. The minimum absolute atomic E-state index is 0.0623. The molecule has 1 saturated heterocycles. The van der Waals surface area contributed by atoms with Gasteiger partial charge in [0.05, 0.1) is 23.9 Å². The van der Waals surface area contributed by atoms with Crippen molar-refractivity contribution in [2.75, 3.05) is 13.2 Å². The van der Waals surface area contributed by atoms with E-state index in [9.17, 15) is 14.3 Å². The lowest BCUT2D eigenvalue weighted by atomic mass is 9.90. The molecule has 0 spiro atoms. The predicted octanol–water partition coefficient (Wildman–Crippen LogP) is 2.92. The number of aryl methyl sites for hydroxylation is 1. The molecule has 0 saturated carbocycles. The van der Waals surface area contributed by atoms with Crippen LogP contribution in [0.3, 0.4) is 0 Å². The molecule has 1 fully saturated rings. The normalized spacial score (nSPS) is 16.6. The number of halogens is 1. The third-order valence-electron chi connectivity index (χ3n) is 6.21. The number of carbonyl (C=O) groups is 1.